The lowest BCUT2D eigenvalue weighted by molar-refractivity contribution is -0.135. The lowest BCUT2D eigenvalue weighted by Crippen LogP contribution is -2.48. The number of rotatable bonds is 4. The Morgan fingerprint density at radius 3 is 2.38 bits per heavy atom. The molecule has 0 unspecified atom stereocenters. The minimum absolute atomic E-state index is 0.00262. The number of ether oxygens (including phenoxy) is 2. The number of anilines is 2. The predicted molar refractivity (Wildman–Crippen MR) is 144 cm³/mol. The van der Waals surface area contributed by atoms with Crippen LogP contribution in [0.5, 0.6) is 5.75 Å². The maximum absolute atomic E-state index is 13.3. The highest BCUT2D eigenvalue weighted by atomic mass is 35.5. The van der Waals surface area contributed by atoms with Crippen molar-refractivity contribution in [3.63, 3.8) is 0 Å². The monoisotopic (exact) mass is 530 g/mol. The van der Waals surface area contributed by atoms with Crippen LogP contribution in [0, 0.1) is 5.92 Å². The zero-order valence-electron chi connectivity index (χ0n) is 21.9. The van der Waals surface area contributed by atoms with Gasteiger partial charge in [-0.1, -0.05) is 25.4 Å². The highest BCUT2D eigenvalue weighted by molar-refractivity contribution is 6.30. The first-order chi connectivity index (χ1) is 17.6. The van der Waals surface area contributed by atoms with Crippen molar-refractivity contribution >= 4 is 40.8 Å². The van der Waals surface area contributed by atoms with Crippen molar-refractivity contribution < 1.29 is 23.9 Å². The fourth-order valence-electron chi connectivity index (χ4n) is 4.23. The molecule has 3 rings (SSSR count). The fourth-order valence-corrected chi connectivity index (χ4v) is 4.35. The Morgan fingerprint density at radius 2 is 1.73 bits per heavy atom. The number of carbonyl (C=O) groups excluding carboxylic acids is 3. The van der Waals surface area contributed by atoms with E-state index in [9.17, 15) is 14.4 Å². The first-order valence-electron chi connectivity index (χ1n) is 12.3. The highest BCUT2D eigenvalue weighted by Gasteiger charge is 2.30. The van der Waals surface area contributed by atoms with Gasteiger partial charge in [0.05, 0.1) is 17.7 Å². The number of likely N-dealkylation sites (N-methyl/N-ethyl adjacent to an activating group) is 1. The second kappa shape index (κ2) is 12.8. The summed E-state index contributed by atoms with van der Waals surface area (Å²) in [6.07, 6.45) is 0.120. The molecule has 0 bridgehead atoms. The van der Waals surface area contributed by atoms with E-state index in [4.69, 9.17) is 21.1 Å². The summed E-state index contributed by atoms with van der Waals surface area (Å²) in [4.78, 5) is 42.0. The molecular weight excluding hydrogens is 496 g/mol. The van der Waals surface area contributed by atoms with Gasteiger partial charge in [0.15, 0.2) is 0 Å². The molecule has 0 saturated heterocycles. The number of benzene rings is 2. The van der Waals surface area contributed by atoms with Crippen molar-refractivity contribution in [3.8, 4) is 5.75 Å². The summed E-state index contributed by atoms with van der Waals surface area (Å²) >= 11 is 5.90. The third-order valence-electron chi connectivity index (χ3n) is 6.43. The standard InChI is InChI=1S/C27H35ClN4O5/c1-6-25(33)32-14-17(2)24(36-5)15-31(4)26(34)22-12-11-21(13-23(22)37-16-18(32)3)30-27(35)29-20-9-7-19(28)8-10-20/h7-13,17-18,24H,6,14-16H2,1-5H3,(H2,29,30,35)/t17-,18-,24-/m1/s1. The molecule has 1 heterocycles. The maximum Gasteiger partial charge on any atom is 0.323 e. The van der Waals surface area contributed by atoms with Crippen LogP contribution in [0.25, 0.3) is 0 Å². The lowest BCUT2D eigenvalue weighted by atomic mass is 10.0. The molecule has 200 valence electrons. The number of fused-ring (bicyclic) bond motifs is 1. The zero-order chi connectivity index (χ0) is 27.1. The summed E-state index contributed by atoms with van der Waals surface area (Å²) in [7, 11) is 3.32. The molecule has 2 aromatic rings. The summed E-state index contributed by atoms with van der Waals surface area (Å²) in [5.74, 6) is 0.118. The Bertz CT molecular complexity index is 1110. The van der Waals surface area contributed by atoms with Crippen LogP contribution in [0.4, 0.5) is 16.2 Å². The normalized spacial score (nSPS) is 20.7. The molecule has 0 fully saturated rings. The predicted octanol–water partition coefficient (Wildman–Crippen LogP) is 4.73. The summed E-state index contributed by atoms with van der Waals surface area (Å²) in [5, 5.41) is 6.07. The van der Waals surface area contributed by atoms with Gasteiger partial charge in [-0.25, -0.2) is 4.79 Å². The maximum atomic E-state index is 13.3. The third-order valence-corrected chi connectivity index (χ3v) is 6.68. The zero-order valence-corrected chi connectivity index (χ0v) is 22.7. The van der Waals surface area contributed by atoms with Crippen molar-refractivity contribution in [1.29, 1.82) is 0 Å². The fraction of sp³-hybridized carbons (Fsp3) is 0.444. The lowest BCUT2D eigenvalue weighted by Gasteiger charge is -2.36. The van der Waals surface area contributed by atoms with E-state index in [1.165, 1.54) is 0 Å². The van der Waals surface area contributed by atoms with Gasteiger partial charge in [0.25, 0.3) is 5.91 Å². The molecule has 1 aliphatic rings. The van der Waals surface area contributed by atoms with Crippen LogP contribution in [-0.2, 0) is 9.53 Å². The molecule has 10 heteroatoms. The Labute approximate surface area is 223 Å². The number of hydrogen-bond donors (Lipinski definition) is 2. The van der Waals surface area contributed by atoms with Gasteiger partial charge in [0.1, 0.15) is 12.4 Å². The van der Waals surface area contributed by atoms with Gasteiger partial charge in [-0.3, -0.25) is 9.59 Å². The van der Waals surface area contributed by atoms with Gasteiger partial charge in [0, 0.05) is 62.0 Å². The summed E-state index contributed by atoms with van der Waals surface area (Å²) in [6.45, 7) is 6.78. The van der Waals surface area contributed by atoms with Crippen molar-refractivity contribution in [3.05, 3.63) is 53.1 Å². The number of nitrogens with one attached hydrogen (secondary N) is 2. The average molecular weight is 531 g/mol. The SMILES string of the molecule is CCC(=O)N1C[C@@H](C)[C@H](OC)CN(C)C(=O)c2ccc(NC(=O)Nc3ccc(Cl)cc3)cc2OC[C@H]1C. The molecule has 0 spiro atoms. The Hall–Kier alpha value is -3.30. The van der Waals surface area contributed by atoms with Crippen LogP contribution in [0.15, 0.2) is 42.5 Å². The largest absolute Gasteiger partial charge is 0.491 e. The van der Waals surface area contributed by atoms with Gasteiger partial charge in [-0.15, -0.1) is 0 Å². The highest BCUT2D eigenvalue weighted by Crippen LogP contribution is 2.27. The van der Waals surface area contributed by atoms with Crippen LogP contribution in [0.2, 0.25) is 5.02 Å². The van der Waals surface area contributed by atoms with Gasteiger partial charge in [0.2, 0.25) is 5.91 Å². The number of methoxy groups -OCH3 is 1. The number of urea groups is 1. The number of nitrogens with zero attached hydrogens (tertiary/aromatic N) is 2. The average Bonchev–Trinajstić information content (AvgIpc) is 2.88. The van der Waals surface area contributed by atoms with E-state index in [0.29, 0.717) is 47.2 Å². The minimum Gasteiger partial charge on any atom is -0.491 e. The first kappa shape index (κ1) is 28.3. The van der Waals surface area contributed by atoms with Crippen molar-refractivity contribution in [2.45, 2.75) is 39.3 Å². The van der Waals surface area contributed by atoms with Crippen LogP contribution >= 0.6 is 11.6 Å². The molecule has 2 aromatic carbocycles. The number of hydrogen-bond acceptors (Lipinski definition) is 5. The van der Waals surface area contributed by atoms with E-state index in [1.54, 1.807) is 66.4 Å². The van der Waals surface area contributed by atoms with E-state index in [-0.39, 0.29) is 36.5 Å². The minimum atomic E-state index is -0.455. The number of amides is 4. The number of halogens is 1. The molecule has 0 aromatic heterocycles. The van der Waals surface area contributed by atoms with Crippen LogP contribution in [0.1, 0.15) is 37.6 Å². The second-order valence-corrected chi connectivity index (χ2v) is 9.73. The van der Waals surface area contributed by atoms with E-state index in [2.05, 4.69) is 10.6 Å². The van der Waals surface area contributed by atoms with Gasteiger partial charge >= 0.3 is 6.03 Å². The van der Waals surface area contributed by atoms with Crippen molar-refractivity contribution in [1.82, 2.24) is 9.80 Å². The molecule has 0 saturated carbocycles. The van der Waals surface area contributed by atoms with E-state index >= 15 is 0 Å². The molecule has 0 radical (unpaired) electrons. The third kappa shape index (κ3) is 7.36. The Morgan fingerprint density at radius 1 is 1.08 bits per heavy atom. The summed E-state index contributed by atoms with van der Waals surface area (Å²) in [6, 6.07) is 10.9. The van der Waals surface area contributed by atoms with Crippen LogP contribution < -0.4 is 15.4 Å². The molecule has 1 aliphatic heterocycles. The molecule has 9 nitrogen and oxygen atoms in total. The van der Waals surface area contributed by atoms with E-state index in [0.717, 1.165) is 0 Å². The quantitative estimate of drug-likeness (QED) is 0.595. The molecular formula is C27H35ClN4O5. The summed E-state index contributed by atoms with van der Waals surface area (Å²) in [5.41, 5.74) is 1.39. The molecule has 37 heavy (non-hydrogen) atoms. The summed E-state index contributed by atoms with van der Waals surface area (Å²) < 4.78 is 11.8. The van der Waals surface area contributed by atoms with Crippen LogP contribution in [-0.4, -0.2) is 73.6 Å². The smallest absolute Gasteiger partial charge is 0.323 e. The first-order valence-corrected chi connectivity index (χ1v) is 12.7. The second-order valence-electron chi connectivity index (χ2n) is 9.29. The Balaban J connectivity index is 1.88. The molecule has 0 aliphatic carbocycles. The van der Waals surface area contributed by atoms with Gasteiger partial charge in [-0.2, -0.15) is 0 Å². The molecule has 3 atom stereocenters. The van der Waals surface area contributed by atoms with Gasteiger partial charge in [-0.05, 0) is 43.3 Å². The van der Waals surface area contributed by atoms with Gasteiger partial charge < -0.3 is 29.9 Å². The molecule has 4 amide bonds. The Kier molecular flexibility index (Phi) is 9.77. The van der Waals surface area contributed by atoms with E-state index in [1.807, 2.05) is 20.8 Å². The topological polar surface area (TPSA) is 100 Å². The van der Waals surface area contributed by atoms with Crippen molar-refractivity contribution in [2.75, 3.05) is 44.5 Å². The van der Waals surface area contributed by atoms with E-state index < -0.39 is 6.03 Å². The van der Waals surface area contributed by atoms with Crippen LogP contribution in [0.3, 0.4) is 0 Å². The molecule has 2 N–H and O–H groups in total. The van der Waals surface area contributed by atoms with Crippen molar-refractivity contribution in [2.24, 2.45) is 5.92 Å². The number of carbonyl (C=O) groups is 3.